The number of hydrogen-bond donors (Lipinski definition) is 1. The zero-order valence-corrected chi connectivity index (χ0v) is 10.8. The van der Waals surface area contributed by atoms with E-state index in [4.69, 9.17) is 4.74 Å². The van der Waals surface area contributed by atoms with E-state index in [-0.39, 0.29) is 10.6 Å². The Morgan fingerprint density at radius 2 is 1.89 bits per heavy atom. The predicted octanol–water partition coefficient (Wildman–Crippen LogP) is 2.88. The predicted molar refractivity (Wildman–Crippen MR) is 69.5 cm³/mol. The van der Waals surface area contributed by atoms with E-state index >= 15 is 0 Å². The van der Waals surface area contributed by atoms with Gasteiger partial charge < -0.3 is 4.74 Å². The van der Waals surface area contributed by atoms with Gasteiger partial charge in [-0.25, -0.2) is 0 Å². The lowest BCUT2D eigenvalue weighted by Crippen LogP contribution is -2.05. The maximum Gasteiger partial charge on any atom is 0.298 e. The Labute approximate surface area is 106 Å². The van der Waals surface area contributed by atoms with Gasteiger partial charge >= 0.3 is 0 Å². The van der Waals surface area contributed by atoms with Crippen molar-refractivity contribution in [3.63, 3.8) is 0 Å². The molecule has 0 spiro atoms. The van der Waals surface area contributed by atoms with Crippen molar-refractivity contribution in [1.82, 2.24) is 0 Å². The highest BCUT2D eigenvalue weighted by Crippen LogP contribution is 2.32. The second-order valence-electron chi connectivity index (χ2n) is 3.94. The zero-order chi connectivity index (χ0) is 13.2. The van der Waals surface area contributed by atoms with E-state index in [1.807, 2.05) is 13.0 Å². The fourth-order valence-electron chi connectivity index (χ4n) is 1.81. The van der Waals surface area contributed by atoms with E-state index in [0.29, 0.717) is 12.0 Å². The van der Waals surface area contributed by atoms with Crippen LogP contribution in [0.3, 0.4) is 0 Å². The number of rotatable bonds is 4. The van der Waals surface area contributed by atoms with Crippen LogP contribution in [-0.2, 0) is 10.1 Å². The van der Waals surface area contributed by atoms with E-state index in [2.05, 4.69) is 0 Å². The summed E-state index contributed by atoms with van der Waals surface area (Å²) < 4.78 is 37.8. The van der Waals surface area contributed by atoms with Crippen LogP contribution >= 0.6 is 0 Å². The first-order valence-electron chi connectivity index (χ1n) is 5.66. The molecule has 0 saturated heterocycles. The molecule has 0 bridgehead atoms. The van der Waals surface area contributed by atoms with Gasteiger partial charge in [0.1, 0.15) is 10.6 Å². The molecule has 0 aliphatic rings. The molecule has 0 saturated carbocycles. The zero-order valence-electron chi connectivity index (χ0n) is 9.96. The smallest absolute Gasteiger partial charge is 0.298 e. The molecule has 0 heterocycles. The quantitative estimate of drug-likeness (QED) is 0.864. The molecule has 1 N–H and O–H groups in total. The minimum Gasteiger partial charge on any atom is -0.492 e. The van der Waals surface area contributed by atoms with E-state index in [1.54, 1.807) is 30.3 Å². The lowest BCUT2D eigenvalue weighted by atomic mass is 10.1. The molecule has 96 valence electrons. The topological polar surface area (TPSA) is 63.6 Å². The number of hydrogen-bond acceptors (Lipinski definition) is 3. The maximum absolute atomic E-state index is 11.5. The highest BCUT2D eigenvalue weighted by Gasteiger charge is 2.20. The van der Waals surface area contributed by atoms with Crippen molar-refractivity contribution in [1.29, 1.82) is 0 Å². The van der Waals surface area contributed by atoms with Crippen molar-refractivity contribution < 1.29 is 17.7 Å². The average molecular weight is 266 g/mol. The Balaban J connectivity index is 2.72. The molecular weight excluding hydrogens is 252 g/mol. The summed E-state index contributed by atoms with van der Waals surface area (Å²) in [4.78, 5) is -0.158. The largest absolute Gasteiger partial charge is 0.492 e. The van der Waals surface area contributed by atoms with Crippen LogP contribution in [-0.4, -0.2) is 19.6 Å². The van der Waals surface area contributed by atoms with E-state index < -0.39 is 10.1 Å². The SMILES string of the molecule is CCCOc1ccc2ccccc2c1S(=O)(=O)O. The number of benzene rings is 2. The van der Waals surface area contributed by atoms with Gasteiger partial charge in [0.15, 0.2) is 0 Å². The molecule has 0 radical (unpaired) electrons. The third kappa shape index (κ3) is 2.47. The molecule has 0 aliphatic heterocycles. The van der Waals surface area contributed by atoms with Crippen LogP contribution in [0.25, 0.3) is 10.8 Å². The summed E-state index contributed by atoms with van der Waals surface area (Å²) in [7, 11) is -4.32. The number of fused-ring (bicyclic) bond motifs is 1. The Hall–Kier alpha value is -1.59. The molecule has 2 aromatic carbocycles. The van der Waals surface area contributed by atoms with Crippen LogP contribution in [0.2, 0.25) is 0 Å². The lowest BCUT2D eigenvalue weighted by Gasteiger charge is -2.11. The Bertz CT molecular complexity index is 662. The highest BCUT2D eigenvalue weighted by atomic mass is 32.2. The summed E-state index contributed by atoms with van der Waals surface area (Å²) in [6, 6.07) is 10.3. The first-order valence-corrected chi connectivity index (χ1v) is 7.10. The van der Waals surface area contributed by atoms with Crippen LogP contribution in [0.5, 0.6) is 5.75 Å². The summed E-state index contributed by atoms with van der Waals surface area (Å²) in [5.74, 6) is 0.193. The second-order valence-corrected chi connectivity index (χ2v) is 5.30. The van der Waals surface area contributed by atoms with E-state index in [9.17, 15) is 13.0 Å². The Kier molecular flexibility index (Phi) is 3.54. The Morgan fingerprint density at radius 3 is 2.56 bits per heavy atom. The third-order valence-electron chi connectivity index (χ3n) is 2.56. The first-order chi connectivity index (χ1) is 8.54. The van der Waals surface area contributed by atoms with Gasteiger partial charge in [0.05, 0.1) is 6.61 Å². The fraction of sp³-hybridized carbons (Fsp3) is 0.231. The number of ether oxygens (including phenoxy) is 1. The molecule has 0 atom stereocenters. The van der Waals surface area contributed by atoms with Gasteiger partial charge in [-0.15, -0.1) is 0 Å². The molecule has 0 aromatic heterocycles. The molecule has 2 aromatic rings. The first kappa shape index (κ1) is 12.9. The molecule has 5 heteroatoms. The average Bonchev–Trinajstić information content (AvgIpc) is 2.34. The molecule has 0 aliphatic carbocycles. The minimum absolute atomic E-state index is 0.158. The van der Waals surface area contributed by atoms with Gasteiger partial charge in [-0.1, -0.05) is 37.3 Å². The summed E-state index contributed by atoms with van der Waals surface area (Å²) >= 11 is 0. The van der Waals surface area contributed by atoms with Crippen LogP contribution in [0.1, 0.15) is 13.3 Å². The van der Waals surface area contributed by atoms with E-state index in [0.717, 1.165) is 11.8 Å². The molecule has 0 fully saturated rings. The summed E-state index contributed by atoms with van der Waals surface area (Å²) in [5.41, 5.74) is 0. The summed E-state index contributed by atoms with van der Waals surface area (Å²) in [6.45, 7) is 2.33. The van der Waals surface area contributed by atoms with Gasteiger partial charge in [-0.05, 0) is 17.9 Å². The van der Waals surface area contributed by atoms with Crippen molar-refractivity contribution in [2.75, 3.05) is 6.61 Å². The van der Waals surface area contributed by atoms with Crippen LogP contribution in [0, 0.1) is 0 Å². The van der Waals surface area contributed by atoms with Gasteiger partial charge in [-0.3, -0.25) is 4.55 Å². The monoisotopic (exact) mass is 266 g/mol. The maximum atomic E-state index is 11.5. The standard InChI is InChI=1S/C13H14O4S/c1-2-9-17-12-8-7-10-5-3-4-6-11(10)13(12)18(14,15)16/h3-8H,2,9H2,1H3,(H,14,15,16). The summed E-state index contributed by atoms with van der Waals surface area (Å²) in [5, 5.41) is 1.21. The van der Waals surface area contributed by atoms with Crippen molar-refractivity contribution in [3.05, 3.63) is 36.4 Å². The molecule has 2 rings (SSSR count). The third-order valence-corrected chi connectivity index (χ3v) is 3.50. The lowest BCUT2D eigenvalue weighted by molar-refractivity contribution is 0.309. The molecule has 4 nitrogen and oxygen atoms in total. The molecule has 0 unspecified atom stereocenters. The Morgan fingerprint density at radius 1 is 1.17 bits per heavy atom. The van der Waals surface area contributed by atoms with Gasteiger partial charge in [0, 0.05) is 5.39 Å². The van der Waals surface area contributed by atoms with Crippen molar-refractivity contribution in [2.24, 2.45) is 0 Å². The van der Waals surface area contributed by atoms with Crippen molar-refractivity contribution in [2.45, 2.75) is 18.2 Å². The summed E-state index contributed by atoms with van der Waals surface area (Å²) in [6.07, 6.45) is 0.762. The van der Waals surface area contributed by atoms with E-state index in [1.165, 1.54) is 0 Å². The van der Waals surface area contributed by atoms with Crippen LogP contribution < -0.4 is 4.74 Å². The molecule has 0 amide bonds. The normalized spacial score (nSPS) is 11.7. The minimum atomic E-state index is -4.32. The van der Waals surface area contributed by atoms with Gasteiger partial charge in [-0.2, -0.15) is 8.42 Å². The fourth-order valence-corrected chi connectivity index (χ4v) is 2.66. The molecular formula is C13H14O4S. The second kappa shape index (κ2) is 4.96. The molecule has 18 heavy (non-hydrogen) atoms. The van der Waals surface area contributed by atoms with Crippen molar-refractivity contribution in [3.8, 4) is 5.75 Å². The van der Waals surface area contributed by atoms with Crippen molar-refractivity contribution >= 4 is 20.9 Å². The van der Waals surface area contributed by atoms with Crippen LogP contribution in [0.15, 0.2) is 41.3 Å². The van der Waals surface area contributed by atoms with Gasteiger partial charge in [0.2, 0.25) is 0 Å². The van der Waals surface area contributed by atoms with Crippen LogP contribution in [0.4, 0.5) is 0 Å². The van der Waals surface area contributed by atoms with Gasteiger partial charge in [0.25, 0.3) is 10.1 Å². The highest BCUT2D eigenvalue weighted by molar-refractivity contribution is 7.86.